The highest BCUT2D eigenvalue weighted by Gasteiger charge is 2.46. The van der Waals surface area contributed by atoms with Gasteiger partial charge in [0, 0.05) is 25.3 Å². The zero-order valence-corrected chi connectivity index (χ0v) is 13.9. The van der Waals surface area contributed by atoms with E-state index in [0.717, 1.165) is 18.9 Å². The molecule has 1 saturated carbocycles. The number of alkyl halides is 3. The Balaban J connectivity index is 1.64. The summed E-state index contributed by atoms with van der Waals surface area (Å²) in [6.45, 7) is 2.72. The van der Waals surface area contributed by atoms with E-state index in [1.807, 2.05) is 4.90 Å². The number of rotatable bonds is 3. The van der Waals surface area contributed by atoms with E-state index >= 15 is 0 Å². The number of anilines is 1. The Morgan fingerprint density at radius 3 is 2.56 bits per heavy atom. The minimum atomic E-state index is -4.28. The first-order valence-electron chi connectivity index (χ1n) is 8.61. The lowest BCUT2D eigenvalue weighted by molar-refractivity contribution is -0.187. The van der Waals surface area contributed by atoms with E-state index in [-0.39, 0.29) is 12.0 Å². The average molecular weight is 357 g/mol. The third-order valence-electron chi connectivity index (χ3n) is 4.85. The first-order valence-corrected chi connectivity index (χ1v) is 8.61. The van der Waals surface area contributed by atoms with E-state index in [1.165, 1.54) is 6.20 Å². The summed E-state index contributed by atoms with van der Waals surface area (Å²) in [5.74, 6) is -1.22. The number of aromatic nitrogens is 1. The molecule has 0 spiro atoms. The number of carbonyl (C=O) groups excluding carboxylic acids is 1. The Kier molecular flexibility index (Phi) is 5.46. The highest BCUT2D eigenvalue weighted by atomic mass is 19.4. The first-order chi connectivity index (χ1) is 11.9. The molecule has 0 bridgehead atoms. The van der Waals surface area contributed by atoms with Crippen LogP contribution in [0.4, 0.5) is 19.0 Å². The Morgan fingerprint density at radius 1 is 1.20 bits per heavy atom. The van der Waals surface area contributed by atoms with Crippen molar-refractivity contribution in [3.63, 3.8) is 0 Å². The molecule has 2 fully saturated rings. The van der Waals surface area contributed by atoms with Gasteiger partial charge in [-0.3, -0.25) is 4.79 Å². The highest BCUT2D eigenvalue weighted by Crippen LogP contribution is 2.37. The van der Waals surface area contributed by atoms with Gasteiger partial charge in [-0.15, -0.1) is 0 Å². The summed E-state index contributed by atoms with van der Waals surface area (Å²) in [4.78, 5) is 18.6. The molecule has 1 N–H and O–H groups in total. The van der Waals surface area contributed by atoms with Crippen LogP contribution in [0.15, 0.2) is 18.3 Å². The van der Waals surface area contributed by atoms with Crippen LogP contribution < -0.4 is 10.2 Å². The molecule has 5 nitrogen and oxygen atoms in total. The third-order valence-corrected chi connectivity index (χ3v) is 4.85. The fourth-order valence-corrected chi connectivity index (χ4v) is 3.45. The predicted molar refractivity (Wildman–Crippen MR) is 86.5 cm³/mol. The lowest BCUT2D eigenvalue weighted by Gasteiger charge is -2.33. The van der Waals surface area contributed by atoms with Gasteiger partial charge in [-0.1, -0.05) is 12.8 Å². The van der Waals surface area contributed by atoms with Crippen molar-refractivity contribution in [3.8, 4) is 0 Å². The molecule has 1 aliphatic heterocycles. The zero-order valence-electron chi connectivity index (χ0n) is 13.9. The predicted octanol–water partition coefficient (Wildman–Crippen LogP) is 2.77. The quantitative estimate of drug-likeness (QED) is 0.904. The molecule has 2 heterocycles. The fourth-order valence-electron chi connectivity index (χ4n) is 3.45. The second-order valence-corrected chi connectivity index (χ2v) is 6.52. The Morgan fingerprint density at radius 2 is 1.92 bits per heavy atom. The van der Waals surface area contributed by atoms with E-state index in [0.29, 0.717) is 32.5 Å². The number of pyridine rings is 1. The number of halogens is 3. The molecule has 8 heteroatoms. The van der Waals surface area contributed by atoms with Gasteiger partial charge in [0.25, 0.3) is 5.91 Å². The van der Waals surface area contributed by atoms with Gasteiger partial charge in [-0.2, -0.15) is 13.2 Å². The SMILES string of the molecule is O=C(N[C@@H]1CCCC[C@@H]1C(F)(F)F)c1ccc(N2CCOCC2)nc1. The van der Waals surface area contributed by atoms with Gasteiger partial charge < -0.3 is 15.0 Å². The van der Waals surface area contributed by atoms with Gasteiger partial charge in [0.15, 0.2) is 0 Å². The maximum atomic E-state index is 13.1. The monoisotopic (exact) mass is 357 g/mol. The molecule has 0 radical (unpaired) electrons. The van der Waals surface area contributed by atoms with Gasteiger partial charge in [0.2, 0.25) is 0 Å². The van der Waals surface area contributed by atoms with E-state index < -0.39 is 24.0 Å². The molecule has 1 saturated heterocycles. The van der Waals surface area contributed by atoms with Crippen molar-refractivity contribution in [3.05, 3.63) is 23.9 Å². The third kappa shape index (κ3) is 4.42. The Labute approximate surface area is 144 Å². The number of morpholine rings is 1. The lowest BCUT2D eigenvalue weighted by Crippen LogP contribution is -2.47. The normalized spacial score (nSPS) is 24.8. The van der Waals surface area contributed by atoms with Crippen molar-refractivity contribution in [2.45, 2.75) is 37.9 Å². The van der Waals surface area contributed by atoms with Gasteiger partial charge in [0.05, 0.1) is 24.7 Å². The molecule has 138 valence electrons. The maximum Gasteiger partial charge on any atom is 0.393 e. The van der Waals surface area contributed by atoms with Gasteiger partial charge in [0.1, 0.15) is 5.82 Å². The zero-order chi connectivity index (χ0) is 17.9. The second-order valence-electron chi connectivity index (χ2n) is 6.52. The Hall–Kier alpha value is -1.83. The van der Waals surface area contributed by atoms with Crippen molar-refractivity contribution in [2.24, 2.45) is 5.92 Å². The largest absolute Gasteiger partial charge is 0.393 e. The topological polar surface area (TPSA) is 54.5 Å². The van der Waals surface area contributed by atoms with Gasteiger partial charge in [-0.05, 0) is 25.0 Å². The van der Waals surface area contributed by atoms with E-state index in [9.17, 15) is 18.0 Å². The molecule has 2 aliphatic rings. The lowest BCUT2D eigenvalue weighted by atomic mass is 9.84. The van der Waals surface area contributed by atoms with Crippen molar-refractivity contribution in [1.82, 2.24) is 10.3 Å². The minimum absolute atomic E-state index is 0.0721. The number of hydrogen-bond donors (Lipinski definition) is 1. The van der Waals surface area contributed by atoms with Crippen LogP contribution in [-0.4, -0.2) is 49.4 Å². The minimum Gasteiger partial charge on any atom is -0.378 e. The molecule has 0 aromatic carbocycles. The number of hydrogen-bond acceptors (Lipinski definition) is 4. The molecule has 2 atom stereocenters. The van der Waals surface area contributed by atoms with E-state index in [1.54, 1.807) is 12.1 Å². The maximum absolute atomic E-state index is 13.1. The molecule has 1 aromatic rings. The van der Waals surface area contributed by atoms with E-state index in [4.69, 9.17) is 4.74 Å². The molecule has 3 rings (SSSR count). The molecule has 1 aliphatic carbocycles. The van der Waals surface area contributed by atoms with Crippen molar-refractivity contribution in [1.29, 1.82) is 0 Å². The van der Waals surface area contributed by atoms with Crippen LogP contribution in [0.2, 0.25) is 0 Å². The van der Waals surface area contributed by atoms with Crippen LogP contribution in [0.3, 0.4) is 0 Å². The van der Waals surface area contributed by atoms with E-state index in [2.05, 4.69) is 10.3 Å². The van der Waals surface area contributed by atoms with Crippen molar-refractivity contribution >= 4 is 11.7 Å². The molecule has 25 heavy (non-hydrogen) atoms. The standard InChI is InChI=1S/C17H22F3N3O2/c18-17(19,20)13-3-1-2-4-14(13)22-16(24)12-5-6-15(21-11-12)23-7-9-25-10-8-23/h5-6,11,13-14H,1-4,7-10H2,(H,22,24)/t13-,14+/m0/s1. The van der Waals surface area contributed by atoms with Gasteiger partial charge in [-0.25, -0.2) is 4.98 Å². The molecule has 0 unspecified atom stereocenters. The van der Waals surface area contributed by atoms with Crippen molar-refractivity contribution in [2.75, 3.05) is 31.2 Å². The Bertz CT molecular complexity index is 586. The smallest absolute Gasteiger partial charge is 0.378 e. The summed E-state index contributed by atoms with van der Waals surface area (Å²) in [6, 6.07) is 2.47. The summed E-state index contributed by atoms with van der Waals surface area (Å²) in [7, 11) is 0. The van der Waals surface area contributed by atoms with Crippen LogP contribution in [0.1, 0.15) is 36.0 Å². The summed E-state index contributed by atoms with van der Waals surface area (Å²) in [6.07, 6.45) is -1.18. The summed E-state index contributed by atoms with van der Waals surface area (Å²) >= 11 is 0. The van der Waals surface area contributed by atoms with Gasteiger partial charge >= 0.3 is 6.18 Å². The van der Waals surface area contributed by atoms with Crippen LogP contribution >= 0.6 is 0 Å². The second kappa shape index (κ2) is 7.59. The molecular formula is C17H22F3N3O2. The molecule has 1 aromatic heterocycles. The number of nitrogens with one attached hydrogen (secondary N) is 1. The average Bonchev–Trinajstić information content (AvgIpc) is 2.62. The van der Waals surface area contributed by atoms with Crippen LogP contribution in [0, 0.1) is 5.92 Å². The number of ether oxygens (including phenoxy) is 1. The number of nitrogens with zero attached hydrogens (tertiary/aromatic N) is 2. The summed E-state index contributed by atoms with van der Waals surface area (Å²) < 4.78 is 44.7. The summed E-state index contributed by atoms with van der Waals surface area (Å²) in [5.41, 5.74) is 0.281. The molecular weight excluding hydrogens is 335 g/mol. The highest BCUT2D eigenvalue weighted by molar-refractivity contribution is 5.94. The number of amides is 1. The van der Waals surface area contributed by atoms with Crippen LogP contribution in [0.25, 0.3) is 0 Å². The van der Waals surface area contributed by atoms with Crippen LogP contribution in [0.5, 0.6) is 0 Å². The summed E-state index contributed by atoms with van der Waals surface area (Å²) in [5, 5.41) is 2.56. The molecule has 1 amide bonds. The van der Waals surface area contributed by atoms with Crippen molar-refractivity contribution < 1.29 is 22.7 Å². The fraction of sp³-hybridized carbons (Fsp3) is 0.647. The number of carbonyl (C=O) groups is 1. The first kappa shape index (κ1) is 18.0. The van der Waals surface area contributed by atoms with Crippen LogP contribution in [-0.2, 0) is 4.74 Å².